The number of nitrogens with one attached hydrogen (secondary N) is 2. The molecule has 0 spiro atoms. The zero-order valence-electron chi connectivity index (χ0n) is 16.3. The maximum Gasteiger partial charge on any atom is 0.262 e. The van der Waals surface area contributed by atoms with Crippen LogP contribution in [-0.2, 0) is 20.2 Å². The van der Waals surface area contributed by atoms with Crippen LogP contribution in [0.4, 0.5) is 11.4 Å². The molecule has 2 N–H and O–H groups in total. The second-order valence-electron chi connectivity index (χ2n) is 6.96. The van der Waals surface area contributed by atoms with Gasteiger partial charge >= 0.3 is 0 Å². The van der Waals surface area contributed by atoms with Gasteiger partial charge in [0.15, 0.2) is 0 Å². The molecule has 0 fully saturated rings. The van der Waals surface area contributed by atoms with E-state index in [9.17, 15) is 13.2 Å². The maximum atomic E-state index is 12.8. The average Bonchev–Trinajstić information content (AvgIpc) is 2.61. The quantitative estimate of drug-likeness (QED) is 0.744. The van der Waals surface area contributed by atoms with Crippen LogP contribution in [0, 0.1) is 0 Å². The van der Waals surface area contributed by atoms with Gasteiger partial charge in [0.05, 0.1) is 17.7 Å². The number of amides is 1. The molecule has 1 amide bonds. The number of rotatable bonds is 7. The summed E-state index contributed by atoms with van der Waals surface area (Å²) in [6, 6.07) is 11.6. The highest BCUT2D eigenvalue weighted by atomic mass is 32.2. The molecule has 2 rings (SSSR count). The van der Waals surface area contributed by atoms with E-state index in [-0.39, 0.29) is 21.9 Å². The standard InChI is InChI=1S/C20H26N2O4S/c1-6-20(3,4)15-7-10-17(11-8-15)27(24,25)22-18-13-16(21-14(2)23)9-12-19(18)26-5/h7-13,22H,6H2,1-5H3,(H,21,23). The van der Waals surface area contributed by atoms with E-state index >= 15 is 0 Å². The van der Waals surface area contributed by atoms with E-state index in [1.807, 2.05) is 12.1 Å². The van der Waals surface area contributed by atoms with Crippen molar-refractivity contribution in [1.29, 1.82) is 0 Å². The zero-order chi connectivity index (χ0) is 20.2. The minimum absolute atomic E-state index is 0.0222. The van der Waals surface area contributed by atoms with Crippen LogP contribution in [0.15, 0.2) is 47.4 Å². The van der Waals surface area contributed by atoms with Crippen molar-refractivity contribution < 1.29 is 17.9 Å². The lowest BCUT2D eigenvalue weighted by atomic mass is 9.82. The van der Waals surface area contributed by atoms with Crippen LogP contribution < -0.4 is 14.8 Å². The molecule has 7 heteroatoms. The highest BCUT2D eigenvalue weighted by Gasteiger charge is 2.21. The molecule has 0 heterocycles. The summed E-state index contributed by atoms with van der Waals surface area (Å²) >= 11 is 0. The average molecular weight is 391 g/mol. The van der Waals surface area contributed by atoms with Crippen LogP contribution in [0.25, 0.3) is 0 Å². The van der Waals surface area contributed by atoms with Gasteiger partial charge < -0.3 is 10.1 Å². The molecule has 27 heavy (non-hydrogen) atoms. The van der Waals surface area contributed by atoms with Crippen LogP contribution in [-0.4, -0.2) is 21.4 Å². The van der Waals surface area contributed by atoms with E-state index in [2.05, 4.69) is 30.8 Å². The third-order valence-corrected chi connectivity index (χ3v) is 5.98. The van der Waals surface area contributed by atoms with E-state index in [1.54, 1.807) is 24.3 Å². The first kappa shape index (κ1) is 20.8. The Morgan fingerprint density at radius 1 is 1.11 bits per heavy atom. The first-order valence-corrected chi connectivity index (χ1v) is 10.2. The van der Waals surface area contributed by atoms with E-state index in [0.29, 0.717) is 11.4 Å². The number of hydrogen-bond acceptors (Lipinski definition) is 4. The van der Waals surface area contributed by atoms with Gasteiger partial charge in [0.1, 0.15) is 5.75 Å². The molecule has 0 unspecified atom stereocenters. The highest BCUT2D eigenvalue weighted by Crippen LogP contribution is 2.31. The molecule has 0 aromatic heterocycles. The normalized spacial score (nSPS) is 11.7. The summed E-state index contributed by atoms with van der Waals surface area (Å²) in [5.41, 5.74) is 1.78. The summed E-state index contributed by atoms with van der Waals surface area (Å²) in [4.78, 5) is 11.4. The molecule has 0 radical (unpaired) electrons. The Morgan fingerprint density at radius 3 is 2.26 bits per heavy atom. The first-order valence-electron chi connectivity index (χ1n) is 8.68. The molecule has 6 nitrogen and oxygen atoms in total. The number of carbonyl (C=O) groups excluding carboxylic acids is 1. The van der Waals surface area contributed by atoms with Crippen molar-refractivity contribution in [3.05, 3.63) is 48.0 Å². The summed E-state index contributed by atoms with van der Waals surface area (Å²) in [7, 11) is -2.35. The Morgan fingerprint density at radius 2 is 1.74 bits per heavy atom. The molecule has 2 aromatic rings. The molecule has 146 valence electrons. The SMILES string of the molecule is CCC(C)(C)c1ccc(S(=O)(=O)Nc2cc(NC(C)=O)ccc2OC)cc1. The molecule has 0 saturated carbocycles. The number of sulfonamides is 1. The molecule has 0 aliphatic rings. The van der Waals surface area contributed by atoms with Gasteiger partial charge in [0.25, 0.3) is 10.0 Å². The molecule has 0 aliphatic carbocycles. The van der Waals surface area contributed by atoms with Crippen LogP contribution in [0.1, 0.15) is 39.7 Å². The third-order valence-electron chi connectivity index (χ3n) is 4.59. The van der Waals surface area contributed by atoms with Crippen LogP contribution in [0.3, 0.4) is 0 Å². The molecule has 0 atom stereocenters. The number of carbonyl (C=O) groups is 1. The fraction of sp³-hybridized carbons (Fsp3) is 0.350. The van der Waals surface area contributed by atoms with Crippen molar-refractivity contribution in [3.8, 4) is 5.75 Å². The fourth-order valence-electron chi connectivity index (χ4n) is 2.56. The van der Waals surface area contributed by atoms with Gasteiger partial charge in [0.2, 0.25) is 5.91 Å². The Kier molecular flexibility index (Phi) is 6.15. The van der Waals surface area contributed by atoms with Gasteiger partial charge in [-0.25, -0.2) is 8.42 Å². The summed E-state index contributed by atoms with van der Waals surface area (Å²) in [5, 5.41) is 2.62. The van der Waals surface area contributed by atoms with Crippen molar-refractivity contribution in [2.24, 2.45) is 0 Å². The Bertz CT molecular complexity index is 919. The number of methoxy groups -OCH3 is 1. The predicted octanol–water partition coefficient (Wildman–Crippen LogP) is 4.14. The second kappa shape index (κ2) is 8.00. The number of anilines is 2. The van der Waals surface area contributed by atoms with E-state index in [1.165, 1.54) is 20.1 Å². The second-order valence-corrected chi connectivity index (χ2v) is 8.65. The van der Waals surface area contributed by atoms with Crippen molar-refractivity contribution in [1.82, 2.24) is 0 Å². The molecule has 0 saturated heterocycles. The summed E-state index contributed by atoms with van der Waals surface area (Å²) in [6.45, 7) is 7.72. The third kappa shape index (κ3) is 5.01. The number of hydrogen-bond donors (Lipinski definition) is 2. The fourth-order valence-corrected chi connectivity index (χ4v) is 3.62. The predicted molar refractivity (Wildman–Crippen MR) is 108 cm³/mol. The van der Waals surface area contributed by atoms with Crippen LogP contribution in [0.5, 0.6) is 5.75 Å². The largest absolute Gasteiger partial charge is 0.495 e. The maximum absolute atomic E-state index is 12.8. The summed E-state index contributed by atoms with van der Waals surface area (Å²) in [5.74, 6) is 0.111. The summed E-state index contributed by atoms with van der Waals surface area (Å²) < 4.78 is 33.3. The molecule has 0 bridgehead atoms. The van der Waals surface area contributed by atoms with Crippen LogP contribution >= 0.6 is 0 Å². The monoisotopic (exact) mass is 390 g/mol. The Hall–Kier alpha value is -2.54. The van der Waals surface area contributed by atoms with Gasteiger partial charge in [-0.3, -0.25) is 9.52 Å². The Balaban J connectivity index is 2.34. The van der Waals surface area contributed by atoms with Gasteiger partial charge in [-0.05, 0) is 47.7 Å². The van der Waals surface area contributed by atoms with Crippen molar-refractivity contribution >= 4 is 27.3 Å². The van der Waals surface area contributed by atoms with Crippen LogP contribution in [0.2, 0.25) is 0 Å². The van der Waals surface area contributed by atoms with Crippen molar-refractivity contribution in [3.63, 3.8) is 0 Å². The molecular formula is C20H26N2O4S. The van der Waals surface area contributed by atoms with E-state index in [4.69, 9.17) is 4.74 Å². The minimum Gasteiger partial charge on any atom is -0.495 e. The Labute approximate surface area is 161 Å². The molecule has 2 aromatic carbocycles. The lowest BCUT2D eigenvalue weighted by molar-refractivity contribution is -0.114. The lowest BCUT2D eigenvalue weighted by Gasteiger charge is -2.23. The van der Waals surface area contributed by atoms with Gasteiger partial charge in [-0.15, -0.1) is 0 Å². The van der Waals surface area contributed by atoms with Crippen molar-refractivity contribution in [2.45, 2.75) is 44.4 Å². The van der Waals surface area contributed by atoms with Crippen molar-refractivity contribution in [2.75, 3.05) is 17.1 Å². The zero-order valence-corrected chi connectivity index (χ0v) is 17.1. The molecule has 0 aliphatic heterocycles. The topological polar surface area (TPSA) is 84.5 Å². The number of ether oxygens (including phenoxy) is 1. The number of benzene rings is 2. The molecular weight excluding hydrogens is 364 g/mol. The van der Waals surface area contributed by atoms with E-state index < -0.39 is 10.0 Å². The first-order chi connectivity index (χ1) is 12.6. The van der Waals surface area contributed by atoms with E-state index in [0.717, 1.165) is 12.0 Å². The van der Waals surface area contributed by atoms with Gasteiger partial charge in [-0.2, -0.15) is 0 Å². The van der Waals surface area contributed by atoms with Gasteiger partial charge in [0, 0.05) is 12.6 Å². The highest BCUT2D eigenvalue weighted by molar-refractivity contribution is 7.92. The summed E-state index contributed by atoms with van der Waals surface area (Å²) in [6.07, 6.45) is 0.949. The van der Waals surface area contributed by atoms with Gasteiger partial charge in [-0.1, -0.05) is 32.9 Å². The lowest BCUT2D eigenvalue weighted by Crippen LogP contribution is -2.17. The smallest absolute Gasteiger partial charge is 0.262 e. The minimum atomic E-state index is -3.80.